The van der Waals surface area contributed by atoms with E-state index in [1.807, 2.05) is 19.4 Å². The zero-order valence-electron chi connectivity index (χ0n) is 9.89. The van der Waals surface area contributed by atoms with Gasteiger partial charge in [-0.05, 0) is 44.1 Å². The molecule has 3 N–H and O–H groups in total. The molecule has 2 unspecified atom stereocenters. The van der Waals surface area contributed by atoms with Gasteiger partial charge in [0, 0.05) is 19.3 Å². The number of nitrogens with two attached hydrogens (primary N) is 1. The lowest BCUT2D eigenvalue weighted by molar-refractivity contribution is -0.00958. The summed E-state index contributed by atoms with van der Waals surface area (Å²) in [6.07, 6.45) is 9.29. The number of nitrogens with zero attached hydrogens (tertiary/aromatic N) is 2. The maximum absolute atomic E-state index is 10.4. The van der Waals surface area contributed by atoms with Crippen LogP contribution in [0.1, 0.15) is 37.7 Å². The standard InChI is InChI=1S/C12H21N3O/c1-15-9-10(8-14-15)4-6-12(16)5-2-3-11(13)7-12/h8-9,11,16H,2-7,13H2,1H3. The smallest absolute Gasteiger partial charge is 0.0665 e. The zero-order valence-corrected chi connectivity index (χ0v) is 9.89. The molecule has 0 aromatic carbocycles. The zero-order chi connectivity index (χ0) is 11.6. The average molecular weight is 223 g/mol. The monoisotopic (exact) mass is 223 g/mol. The van der Waals surface area contributed by atoms with Crippen LogP contribution < -0.4 is 5.73 Å². The molecule has 2 atom stereocenters. The van der Waals surface area contributed by atoms with Crippen molar-refractivity contribution in [3.8, 4) is 0 Å². The van der Waals surface area contributed by atoms with Crippen molar-refractivity contribution in [2.45, 2.75) is 50.2 Å². The first kappa shape index (κ1) is 11.6. The third-order valence-corrected chi connectivity index (χ3v) is 3.50. The normalized spacial score (nSPS) is 30.6. The van der Waals surface area contributed by atoms with Crippen LogP contribution in [0.15, 0.2) is 12.4 Å². The van der Waals surface area contributed by atoms with Crippen molar-refractivity contribution >= 4 is 0 Å². The van der Waals surface area contributed by atoms with Gasteiger partial charge in [-0.1, -0.05) is 0 Å². The molecule has 0 radical (unpaired) electrons. The second kappa shape index (κ2) is 4.55. The molecule has 16 heavy (non-hydrogen) atoms. The van der Waals surface area contributed by atoms with Crippen LogP contribution >= 0.6 is 0 Å². The minimum atomic E-state index is -0.548. The van der Waals surface area contributed by atoms with E-state index in [-0.39, 0.29) is 6.04 Å². The SMILES string of the molecule is Cn1cc(CCC2(O)CCCC(N)C2)cn1. The summed E-state index contributed by atoms with van der Waals surface area (Å²) in [7, 11) is 1.91. The van der Waals surface area contributed by atoms with Gasteiger partial charge in [-0.2, -0.15) is 5.10 Å². The van der Waals surface area contributed by atoms with Gasteiger partial charge in [-0.25, -0.2) is 0 Å². The van der Waals surface area contributed by atoms with Gasteiger partial charge in [-0.3, -0.25) is 4.68 Å². The molecule has 1 aliphatic carbocycles. The number of aryl methyl sites for hydroxylation is 2. The molecule has 0 amide bonds. The lowest BCUT2D eigenvalue weighted by atomic mass is 9.79. The van der Waals surface area contributed by atoms with Gasteiger partial charge < -0.3 is 10.8 Å². The highest BCUT2D eigenvalue weighted by molar-refractivity contribution is 5.05. The molecule has 1 aromatic rings. The van der Waals surface area contributed by atoms with E-state index >= 15 is 0 Å². The average Bonchev–Trinajstić information content (AvgIpc) is 2.61. The fourth-order valence-electron chi connectivity index (χ4n) is 2.59. The topological polar surface area (TPSA) is 64.1 Å². The van der Waals surface area contributed by atoms with E-state index < -0.39 is 5.60 Å². The summed E-state index contributed by atoms with van der Waals surface area (Å²) < 4.78 is 1.80. The van der Waals surface area contributed by atoms with Crippen LogP contribution in [0.25, 0.3) is 0 Å². The Hall–Kier alpha value is -0.870. The number of aromatic nitrogens is 2. The molecule has 1 aliphatic rings. The molecule has 2 rings (SSSR count). The van der Waals surface area contributed by atoms with Crippen molar-refractivity contribution in [2.75, 3.05) is 0 Å². The van der Waals surface area contributed by atoms with Crippen molar-refractivity contribution in [3.63, 3.8) is 0 Å². The van der Waals surface area contributed by atoms with Gasteiger partial charge in [0.25, 0.3) is 0 Å². The molecule has 1 saturated carbocycles. The van der Waals surface area contributed by atoms with Crippen LogP contribution in [0.2, 0.25) is 0 Å². The summed E-state index contributed by atoms with van der Waals surface area (Å²) >= 11 is 0. The quantitative estimate of drug-likeness (QED) is 0.803. The fraction of sp³-hybridized carbons (Fsp3) is 0.750. The van der Waals surface area contributed by atoms with E-state index in [9.17, 15) is 5.11 Å². The Morgan fingerprint density at radius 3 is 3.12 bits per heavy atom. The first-order valence-corrected chi connectivity index (χ1v) is 6.03. The summed E-state index contributed by atoms with van der Waals surface area (Å²) in [5.74, 6) is 0. The summed E-state index contributed by atoms with van der Waals surface area (Å²) in [4.78, 5) is 0. The van der Waals surface area contributed by atoms with E-state index in [0.29, 0.717) is 0 Å². The lowest BCUT2D eigenvalue weighted by Gasteiger charge is -2.35. The minimum Gasteiger partial charge on any atom is -0.390 e. The molecular weight excluding hydrogens is 202 g/mol. The van der Waals surface area contributed by atoms with Gasteiger partial charge in [0.05, 0.1) is 11.8 Å². The molecule has 1 heterocycles. The molecule has 4 nitrogen and oxygen atoms in total. The van der Waals surface area contributed by atoms with Crippen molar-refractivity contribution in [1.29, 1.82) is 0 Å². The highest BCUT2D eigenvalue weighted by Crippen LogP contribution is 2.31. The van der Waals surface area contributed by atoms with Crippen LogP contribution in [0.4, 0.5) is 0 Å². The van der Waals surface area contributed by atoms with Gasteiger partial charge in [0.15, 0.2) is 0 Å². The molecule has 0 aliphatic heterocycles. The summed E-state index contributed by atoms with van der Waals surface area (Å²) in [6.45, 7) is 0. The molecule has 1 fully saturated rings. The summed E-state index contributed by atoms with van der Waals surface area (Å²) in [5.41, 5.74) is 6.55. The molecule has 0 spiro atoms. The predicted molar refractivity (Wildman–Crippen MR) is 62.9 cm³/mol. The Kier molecular flexibility index (Phi) is 3.30. The van der Waals surface area contributed by atoms with Crippen molar-refractivity contribution in [1.82, 2.24) is 9.78 Å². The van der Waals surface area contributed by atoms with Crippen LogP contribution in [-0.2, 0) is 13.5 Å². The molecular formula is C12H21N3O. The maximum atomic E-state index is 10.4. The second-order valence-corrected chi connectivity index (χ2v) is 5.10. The Morgan fingerprint density at radius 1 is 1.69 bits per heavy atom. The molecule has 1 aromatic heterocycles. The number of rotatable bonds is 3. The van der Waals surface area contributed by atoms with E-state index in [1.54, 1.807) is 4.68 Å². The first-order chi connectivity index (χ1) is 7.57. The summed E-state index contributed by atoms with van der Waals surface area (Å²) in [6, 6.07) is 0.174. The summed E-state index contributed by atoms with van der Waals surface area (Å²) in [5, 5.41) is 14.5. The molecule has 0 bridgehead atoms. The van der Waals surface area contributed by atoms with E-state index in [4.69, 9.17) is 5.73 Å². The lowest BCUT2D eigenvalue weighted by Crippen LogP contribution is -2.41. The van der Waals surface area contributed by atoms with Crippen LogP contribution in [0.3, 0.4) is 0 Å². The first-order valence-electron chi connectivity index (χ1n) is 6.03. The highest BCUT2D eigenvalue weighted by Gasteiger charge is 2.32. The van der Waals surface area contributed by atoms with Gasteiger partial charge in [-0.15, -0.1) is 0 Å². The molecule has 0 saturated heterocycles. The third kappa shape index (κ3) is 2.83. The van der Waals surface area contributed by atoms with Crippen molar-refractivity contribution in [2.24, 2.45) is 12.8 Å². The predicted octanol–water partition coefficient (Wildman–Crippen LogP) is 0.985. The highest BCUT2D eigenvalue weighted by atomic mass is 16.3. The number of aliphatic hydroxyl groups is 1. The minimum absolute atomic E-state index is 0.174. The largest absolute Gasteiger partial charge is 0.390 e. The Bertz CT molecular complexity index is 350. The Morgan fingerprint density at radius 2 is 2.50 bits per heavy atom. The second-order valence-electron chi connectivity index (χ2n) is 5.10. The van der Waals surface area contributed by atoms with E-state index in [0.717, 1.165) is 38.5 Å². The number of hydrogen-bond acceptors (Lipinski definition) is 3. The maximum Gasteiger partial charge on any atom is 0.0665 e. The van der Waals surface area contributed by atoms with Crippen molar-refractivity contribution < 1.29 is 5.11 Å². The van der Waals surface area contributed by atoms with Crippen LogP contribution in [0.5, 0.6) is 0 Å². The fourth-order valence-corrected chi connectivity index (χ4v) is 2.59. The Labute approximate surface area is 96.5 Å². The van der Waals surface area contributed by atoms with E-state index in [1.165, 1.54) is 5.56 Å². The molecule has 4 heteroatoms. The van der Waals surface area contributed by atoms with Crippen LogP contribution in [-0.4, -0.2) is 26.5 Å². The van der Waals surface area contributed by atoms with E-state index in [2.05, 4.69) is 5.10 Å². The number of hydrogen-bond donors (Lipinski definition) is 2. The van der Waals surface area contributed by atoms with Gasteiger partial charge in [0.1, 0.15) is 0 Å². The molecule has 90 valence electrons. The third-order valence-electron chi connectivity index (χ3n) is 3.50. The Balaban J connectivity index is 1.88. The van der Waals surface area contributed by atoms with Crippen molar-refractivity contribution in [3.05, 3.63) is 18.0 Å². The van der Waals surface area contributed by atoms with Crippen LogP contribution in [0, 0.1) is 0 Å². The van der Waals surface area contributed by atoms with Gasteiger partial charge in [0.2, 0.25) is 0 Å². The van der Waals surface area contributed by atoms with Gasteiger partial charge >= 0.3 is 0 Å².